The maximum atomic E-state index is 6.97. The fourth-order valence-electron chi connectivity index (χ4n) is 9.75. The zero-order valence-corrected chi connectivity index (χ0v) is 36.4. The van der Waals surface area contributed by atoms with Crippen LogP contribution in [0, 0.1) is 0 Å². The molecule has 0 aliphatic carbocycles. The van der Waals surface area contributed by atoms with Gasteiger partial charge in [0, 0.05) is 61.7 Å². The summed E-state index contributed by atoms with van der Waals surface area (Å²) in [6.45, 7) is 13.5. The second-order valence-electron chi connectivity index (χ2n) is 19.1. The molecule has 0 saturated carbocycles. The van der Waals surface area contributed by atoms with Gasteiger partial charge in [0.2, 0.25) is 11.4 Å². The maximum Gasteiger partial charge on any atom is 0.216 e. The molecule has 0 spiro atoms. The molecule has 0 N–H and O–H groups in total. The second-order valence-corrected chi connectivity index (χ2v) is 19.1. The normalized spacial score (nSPS) is 12.6. The van der Waals surface area contributed by atoms with Crippen molar-refractivity contribution in [1.82, 2.24) is 4.40 Å². The van der Waals surface area contributed by atoms with E-state index in [1.807, 2.05) is 0 Å². The quantitative estimate of drug-likeness (QED) is 0.167. The molecule has 0 bridgehead atoms. The van der Waals surface area contributed by atoms with Crippen molar-refractivity contribution in [1.29, 1.82) is 0 Å². The number of fused-ring (bicyclic) bond motifs is 11. The van der Waals surface area contributed by atoms with Gasteiger partial charge in [-0.2, -0.15) is 0 Å². The Kier molecular flexibility index (Phi) is 7.99. The van der Waals surface area contributed by atoms with E-state index in [4.69, 9.17) is 8.83 Å². The van der Waals surface area contributed by atoms with E-state index in [9.17, 15) is 0 Å². The highest BCUT2D eigenvalue weighted by Gasteiger charge is 2.27. The number of furan rings is 2. The van der Waals surface area contributed by atoms with Crippen LogP contribution < -0.4 is 9.80 Å². The average Bonchev–Trinajstić information content (AvgIpc) is 4.02. The molecular formula is C58H47N3O2. The Labute approximate surface area is 366 Å². The molecule has 0 atom stereocenters. The van der Waals surface area contributed by atoms with E-state index in [1.165, 1.54) is 11.1 Å². The number of aromatic nitrogens is 1. The maximum absolute atomic E-state index is 6.97. The first kappa shape index (κ1) is 37.3. The van der Waals surface area contributed by atoms with Crippen LogP contribution in [0.4, 0.5) is 34.1 Å². The number of para-hydroxylation sites is 3. The van der Waals surface area contributed by atoms with Gasteiger partial charge >= 0.3 is 0 Å². The van der Waals surface area contributed by atoms with Crippen LogP contribution in [0.5, 0.6) is 0 Å². The third kappa shape index (κ3) is 5.83. The molecule has 0 aliphatic heterocycles. The molecule has 63 heavy (non-hydrogen) atoms. The molecule has 4 heterocycles. The van der Waals surface area contributed by atoms with E-state index in [0.717, 1.165) is 105 Å². The number of rotatable bonds is 6. The first-order valence-electron chi connectivity index (χ1n) is 21.9. The lowest BCUT2D eigenvalue weighted by Gasteiger charge is -2.27. The molecule has 12 rings (SSSR count). The molecule has 12 aromatic rings. The fraction of sp³-hybridized carbons (Fsp3) is 0.138. The fourth-order valence-corrected chi connectivity index (χ4v) is 9.75. The van der Waals surface area contributed by atoms with Gasteiger partial charge < -0.3 is 18.6 Å². The molecule has 5 nitrogen and oxygen atoms in total. The van der Waals surface area contributed by atoms with Crippen LogP contribution in [0.3, 0.4) is 0 Å². The summed E-state index contributed by atoms with van der Waals surface area (Å²) in [5.41, 5.74) is 13.7. The molecule has 0 amide bonds. The number of benzene rings is 8. The van der Waals surface area contributed by atoms with Gasteiger partial charge in [0.05, 0.1) is 16.3 Å². The molecule has 8 aromatic carbocycles. The first-order chi connectivity index (χ1) is 30.5. The van der Waals surface area contributed by atoms with Gasteiger partial charge in [-0.3, -0.25) is 0 Å². The van der Waals surface area contributed by atoms with E-state index in [1.54, 1.807) is 0 Å². The first-order valence-corrected chi connectivity index (χ1v) is 21.9. The standard InChI is InChI=1S/C58H47N3O2/c1-57(2,3)38-21-26-42(27-22-38)59(40-14-9-7-10-15-40)44-25-20-36-33-49-50(34-37(36)32-44)62-56-53(49)48-19-13-18-47-52-46-31-30-45(35-51(46)63-55(52)61(56)54(47)48)60(41-16-11-8-12-17-41)43-28-23-39(24-29-43)58(4,5)6/h7-35H,1-6H3. The highest BCUT2D eigenvalue weighted by Crippen LogP contribution is 2.48. The number of anilines is 6. The number of hydrogen-bond acceptors (Lipinski definition) is 4. The van der Waals surface area contributed by atoms with Crippen molar-refractivity contribution >= 4 is 105 Å². The Balaban J connectivity index is 1.00. The summed E-state index contributed by atoms with van der Waals surface area (Å²) in [6.07, 6.45) is 0. The molecule has 0 radical (unpaired) electrons. The summed E-state index contributed by atoms with van der Waals surface area (Å²) in [4.78, 5) is 4.63. The van der Waals surface area contributed by atoms with E-state index in [-0.39, 0.29) is 10.8 Å². The Morgan fingerprint density at radius 1 is 0.365 bits per heavy atom. The predicted octanol–water partition coefficient (Wildman–Crippen LogP) is 17.0. The third-order valence-corrected chi connectivity index (χ3v) is 13.0. The van der Waals surface area contributed by atoms with Crippen molar-refractivity contribution in [3.8, 4) is 0 Å². The summed E-state index contributed by atoms with van der Waals surface area (Å²) in [6, 6.07) is 63.5. The lowest BCUT2D eigenvalue weighted by Crippen LogP contribution is -2.13. The van der Waals surface area contributed by atoms with Crippen LogP contribution in [0.15, 0.2) is 185 Å². The zero-order valence-electron chi connectivity index (χ0n) is 36.4. The lowest BCUT2D eigenvalue weighted by atomic mass is 9.87. The van der Waals surface area contributed by atoms with E-state index < -0.39 is 0 Å². The molecule has 306 valence electrons. The van der Waals surface area contributed by atoms with Gasteiger partial charge in [0.25, 0.3) is 0 Å². The zero-order chi connectivity index (χ0) is 42.8. The van der Waals surface area contributed by atoms with Crippen molar-refractivity contribution in [2.75, 3.05) is 9.80 Å². The van der Waals surface area contributed by atoms with Crippen molar-refractivity contribution in [2.45, 2.75) is 52.4 Å². The topological polar surface area (TPSA) is 37.2 Å². The van der Waals surface area contributed by atoms with Crippen LogP contribution in [0.1, 0.15) is 52.7 Å². The summed E-state index contributed by atoms with van der Waals surface area (Å²) in [5, 5.41) is 8.99. The molecule has 0 saturated heterocycles. The minimum Gasteiger partial charge on any atom is -0.439 e. The van der Waals surface area contributed by atoms with Gasteiger partial charge in [-0.25, -0.2) is 4.40 Å². The van der Waals surface area contributed by atoms with Crippen LogP contribution in [0.2, 0.25) is 0 Å². The Hall–Kier alpha value is -7.50. The largest absolute Gasteiger partial charge is 0.439 e. The van der Waals surface area contributed by atoms with E-state index >= 15 is 0 Å². The molecule has 4 aromatic heterocycles. The van der Waals surface area contributed by atoms with Crippen LogP contribution in [-0.4, -0.2) is 4.40 Å². The lowest BCUT2D eigenvalue weighted by molar-refractivity contribution is 0.590. The Bertz CT molecular complexity index is 3670. The van der Waals surface area contributed by atoms with Gasteiger partial charge in [0.1, 0.15) is 11.2 Å². The summed E-state index contributed by atoms with van der Waals surface area (Å²) >= 11 is 0. The second kappa shape index (κ2) is 13.5. The van der Waals surface area contributed by atoms with E-state index in [0.29, 0.717) is 0 Å². The minimum atomic E-state index is 0.0659. The minimum absolute atomic E-state index is 0.0659. The van der Waals surface area contributed by atoms with Gasteiger partial charge in [-0.05, 0) is 118 Å². The van der Waals surface area contributed by atoms with Crippen LogP contribution >= 0.6 is 0 Å². The monoisotopic (exact) mass is 817 g/mol. The third-order valence-electron chi connectivity index (χ3n) is 13.0. The van der Waals surface area contributed by atoms with Gasteiger partial charge in [-0.15, -0.1) is 0 Å². The average molecular weight is 818 g/mol. The molecule has 0 fully saturated rings. The highest BCUT2D eigenvalue weighted by molar-refractivity contribution is 6.31. The van der Waals surface area contributed by atoms with Crippen LogP contribution in [-0.2, 0) is 10.8 Å². The Morgan fingerprint density at radius 2 is 0.825 bits per heavy atom. The Morgan fingerprint density at radius 3 is 1.37 bits per heavy atom. The number of hydrogen-bond donors (Lipinski definition) is 0. The van der Waals surface area contributed by atoms with Crippen molar-refractivity contribution in [3.63, 3.8) is 0 Å². The van der Waals surface area contributed by atoms with Crippen molar-refractivity contribution < 1.29 is 8.83 Å². The van der Waals surface area contributed by atoms with Crippen LogP contribution in [0.25, 0.3) is 71.2 Å². The number of nitrogens with zero attached hydrogens (tertiary/aromatic N) is 3. The molecule has 0 unspecified atom stereocenters. The summed E-state index contributed by atoms with van der Waals surface area (Å²) in [7, 11) is 0. The van der Waals surface area contributed by atoms with Crippen molar-refractivity contribution in [3.05, 3.63) is 187 Å². The van der Waals surface area contributed by atoms with Gasteiger partial charge in [-0.1, -0.05) is 126 Å². The molecule has 0 aliphatic rings. The summed E-state index contributed by atoms with van der Waals surface area (Å²) in [5.74, 6) is 0. The van der Waals surface area contributed by atoms with E-state index in [2.05, 4.69) is 232 Å². The smallest absolute Gasteiger partial charge is 0.216 e. The SMILES string of the molecule is CC(C)(C)c1ccc(N(c2ccccc2)c2ccc3cc4c(cc3c2)oc2c4c3cccc4c5c6ccc(N(c7ccccc7)c7ccc(C(C)(C)C)cc7)cc6oc5n2c43)cc1. The van der Waals surface area contributed by atoms with Gasteiger partial charge in [0.15, 0.2) is 0 Å². The summed E-state index contributed by atoms with van der Waals surface area (Å²) < 4.78 is 16.1. The molecule has 5 heteroatoms. The van der Waals surface area contributed by atoms with Crippen molar-refractivity contribution in [2.24, 2.45) is 0 Å². The predicted molar refractivity (Wildman–Crippen MR) is 265 cm³/mol. The molecular weight excluding hydrogens is 771 g/mol. The highest BCUT2D eigenvalue weighted by atomic mass is 16.4.